The monoisotopic (exact) mass is 301 g/mol. The average molecular weight is 301 g/mol. The number of hydrogen-bond donors (Lipinski definition) is 1. The third-order valence-electron chi connectivity index (χ3n) is 3.33. The number of carboxylic acids is 1. The van der Waals surface area contributed by atoms with Crippen LogP contribution >= 0.6 is 0 Å². The minimum atomic E-state index is -1.03. The molecule has 6 heteroatoms. The molecule has 0 aliphatic carbocycles. The molecule has 3 aromatic rings. The van der Waals surface area contributed by atoms with Gasteiger partial charge in [0.15, 0.2) is 23.8 Å². The van der Waals surface area contributed by atoms with E-state index in [0.29, 0.717) is 23.6 Å². The molecule has 1 aromatic carbocycles. The lowest BCUT2D eigenvalue weighted by molar-refractivity contribution is -0.139. The zero-order valence-corrected chi connectivity index (χ0v) is 12.3. The van der Waals surface area contributed by atoms with Crippen molar-refractivity contribution in [1.82, 2.24) is 4.98 Å². The predicted molar refractivity (Wildman–Crippen MR) is 78.1 cm³/mol. The lowest BCUT2D eigenvalue weighted by atomic mass is 10.1. The standard InChI is InChI=1S/C16H15NO5/c1-9-7-21-14(17-9)6-12-10(2)22-16-11(12)4-3-5-13(16)20-8-15(18)19/h3-5,7H,6,8H2,1-2H3,(H,18,19). The van der Waals surface area contributed by atoms with Crippen molar-refractivity contribution in [3.63, 3.8) is 0 Å². The molecule has 1 N–H and O–H groups in total. The van der Waals surface area contributed by atoms with Crippen LogP contribution in [0.2, 0.25) is 0 Å². The molecule has 2 aromatic heterocycles. The van der Waals surface area contributed by atoms with Gasteiger partial charge in [0, 0.05) is 10.9 Å². The van der Waals surface area contributed by atoms with Gasteiger partial charge in [0.25, 0.3) is 0 Å². The molecule has 114 valence electrons. The van der Waals surface area contributed by atoms with E-state index in [1.807, 2.05) is 19.9 Å². The highest BCUT2D eigenvalue weighted by Gasteiger charge is 2.17. The van der Waals surface area contributed by atoms with E-state index < -0.39 is 12.6 Å². The number of aromatic nitrogens is 1. The SMILES string of the molecule is Cc1coc(Cc2c(C)oc3c(OCC(=O)O)cccc23)n1. The maximum atomic E-state index is 10.6. The molecule has 3 rings (SSSR count). The molecule has 0 amide bonds. The Morgan fingerprint density at radius 2 is 2.18 bits per heavy atom. The fourth-order valence-electron chi connectivity index (χ4n) is 2.37. The highest BCUT2D eigenvalue weighted by atomic mass is 16.5. The number of carbonyl (C=O) groups is 1. The summed E-state index contributed by atoms with van der Waals surface area (Å²) in [7, 11) is 0. The van der Waals surface area contributed by atoms with Crippen molar-refractivity contribution >= 4 is 16.9 Å². The van der Waals surface area contributed by atoms with Gasteiger partial charge in [-0.1, -0.05) is 12.1 Å². The van der Waals surface area contributed by atoms with E-state index >= 15 is 0 Å². The van der Waals surface area contributed by atoms with E-state index in [0.717, 1.165) is 22.4 Å². The summed E-state index contributed by atoms with van der Waals surface area (Å²) in [6.07, 6.45) is 2.11. The van der Waals surface area contributed by atoms with Crippen LogP contribution in [0.5, 0.6) is 5.75 Å². The van der Waals surface area contributed by atoms with Crippen LogP contribution in [0.25, 0.3) is 11.0 Å². The van der Waals surface area contributed by atoms with Crippen molar-refractivity contribution in [3.05, 3.63) is 47.4 Å². The molecular formula is C16H15NO5. The molecule has 0 unspecified atom stereocenters. The summed E-state index contributed by atoms with van der Waals surface area (Å²) < 4.78 is 16.4. The topological polar surface area (TPSA) is 85.7 Å². The van der Waals surface area contributed by atoms with Crippen LogP contribution < -0.4 is 4.74 Å². The van der Waals surface area contributed by atoms with Gasteiger partial charge < -0.3 is 18.7 Å². The van der Waals surface area contributed by atoms with Gasteiger partial charge in [-0.25, -0.2) is 9.78 Å². The molecule has 0 aliphatic rings. The number of rotatable bonds is 5. The summed E-state index contributed by atoms with van der Waals surface area (Å²) >= 11 is 0. The molecule has 6 nitrogen and oxygen atoms in total. The zero-order chi connectivity index (χ0) is 15.7. The number of fused-ring (bicyclic) bond motifs is 1. The normalized spacial score (nSPS) is 11.0. The molecule has 2 heterocycles. The quantitative estimate of drug-likeness (QED) is 0.779. The summed E-state index contributed by atoms with van der Waals surface area (Å²) in [4.78, 5) is 14.9. The minimum absolute atomic E-state index is 0.410. The van der Waals surface area contributed by atoms with Crippen molar-refractivity contribution < 1.29 is 23.5 Å². The second-order valence-corrected chi connectivity index (χ2v) is 5.01. The Morgan fingerprint density at radius 3 is 2.86 bits per heavy atom. The smallest absolute Gasteiger partial charge is 0.341 e. The number of ether oxygens (including phenoxy) is 1. The lowest BCUT2D eigenvalue weighted by Crippen LogP contribution is -2.09. The number of nitrogens with zero attached hydrogens (tertiary/aromatic N) is 1. The van der Waals surface area contributed by atoms with Crippen LogP contribution in [0.15, 0.2) is 33.3 Å². The van der Waals surface area contributed by atoms with Gasteiger partial charge in [0.05, 0.1) is 12.1 Å². The first kappa shape index (κ1) is 14.2. The number of para-hydroxylation sites is 1. The first-order valence-electron chi connectivity index (χ1n) is 6.81. The van der Waals surface area contributed by atoms with Crippen LogP contribution in [0.4, 0.5) is 0 Å². The van der Waals surface area contributed by atoms with Crippen LogP contribution in [-0.2, 0) is 11.2 Å². The van der Waals surface area contributed by atoms with Gasteiger partial charge in [-0.05, 0) is 19.9 Å². The Hall–Kier alpha value is -2.76. The van der Waals surface area contributed by atoms with E-state index in [2.05, 4.69) is 4.98 Å². The Labute approximate surface area is 126 Å². The van der Waals surface area contributed by atoms with Crippen molar-refractivity contribution in [2.45, 2.75) is 20.3 Å². The Balaban J connectivity index is 1.99. The maximum Gasteiger partial charge on any atom is 0.341 e. The third kappa shape index (κ3) is 2.67. The molecule has 22 heavy (non-hydrogen) atoms. The molecule has 0 fully saturated rings. The van der Waals surface area contributed by atoms with Gasteiger partial charge in [-0.2, -0.15) is 0 Å². The number of oxazole rings is 1. The van der Waals surface area contributed by atoms with E-state index in [1.165, 1.54) is 0 Å². The summed E-state index contributed by atoms with van der Waals surface area (Å²) in [6.45, 7) is 3.31. The van der Waals surface area contributed by atoms with Crippen LogP contribution in [0.3, 0.4) is 0 Å². The van der Waals surface area contributed by atoms with E-state index in [1.54, 1.807) is 18.4 Å². The number of benzene rings is 1. The van der Waals surface area contributed by atoms with Crippen LogP contribution in [0, 0.1) is 13.8 Å². The number of carboxylic acid groups (broad SMARTS) is 1. The van der Waals surface area contributed by atoms with E-state index in [9.17, 15) is 4.79 Å². The summed E-state index contributed by atoms with van der Waals surface area (Å²) in [5.74, 6) is 0.728. The average Bonchev–Trinajstić information content (AvgIpc) is 3.02. The van der Waals surface area contributed by atoms with Crippen molar-refractivity contribution in [2.75, 3.05) is 6.61 Å². The Kier molecular flexibility index (Phi) is 3.58. The number of hydrogen-bond acceptors (Lipinski definition) is 5. The molecular weight excluding hydrogens is 286 g/mol. The van der Waals surface area contributed by atoms with Crippen molar-refractivity contribution in [1.29, 1.82) is 0 Å². The van der Waals surface area contributed by atoms with Gasteiger partial charge in [-0.15, -0.1) is 0 Å². The number of furan rings is 1. The predicted octanol–water partition coefficient (Wildman–Crippen LogP) is 3.09. The number of aryl methyl sites for hydroxylation is 2. The first-order chi connectivity index (χ1) is 10.5. The molecule has 0 bridgehead atoms. The maximum absolute atomic E-state index is 10.6. The van der Waals surface area contributed by atoms with E-state index in [4.69, 9.17) is 18.7 Å². The fraction of sp³-hybridized carbons (Fsp3) is 0.250. The van der Waals surface area contributed by atoms with Gasteiger partial charge in [-0.3, -0.25) is 0 Å². The summed E-state index contributed by atoms with van der Waals surface area (Å²) in [6, 6.07) is 5.40. The Morgan fingerprint density at radius 1 is 1.36 bits per heavy atom. The minimum Gasteiger partial charge on any atom is -0.479 e. The van der Waals surface area contributed by atoms with Crippen molar-refractivity contribution in [3.8, 4) is 5.75 Å². The first-order valence-corrected chi connectivity index (χ1v) is 6.81. The van der Waals surface area contributed by atoms with Crippen LogP contribution in [-0.4, -0.2) is 22.7 Å². The highest BCUT2D eigenvalue weighted by molar-refractivity contribution is 5.87. The number of aliphatic carboxylic acids is 1. The molecule has 0 saturated carbocycles. The van der Waals surface area contributed by atoms with Crippen molar-refractivity contribution in [2.24, 2.45) is 0 Å². The van der Waals surface area contributed by atoms with Gasteiger partial charge in [0.2, 0.25) is 0 Å². The van der Waals surface area contributed by atoms with E-state index in [-0.39, 0.29) is 0 Å². The Bertz CT molecular complexity index is 830. The molecule has 0 spiro atoms. The molecule has 0 aliphatic heterocycles. The fourth-order valence-corrected chi connectivity index (χ4v) is 2.37. The molecule has 0 saturated heterocycles. The summed E-state index contributed by atoms with van der Waals surface area (Å²) in [5.41, 5.74) is 2.32. The zero-order valence-electron chi connectivity index (χ0n) is 12.3. The molecule has 0 radical (unpaired) electrons. The van der Waals surface area contributed by atoms with Crippen LogP contribution in [0.1, 0.15) is 22.9 Å². The molecule has 0 atom stereocenters. The largest absolute Gasteiger partial charge is 0.479 e. The lowest BCUT2D eigenvalue weighted by Gasteiger charge is -2.03. The highest BCUT2D eigenvalue weighted by Crippen LogP contribution is 2.33. The second kappa shape index (κ2) is 5.55. The third-order valence-corrected chi connectivity index (χ3v) is 3.33. The second-order valence-electron chi connectivity index (χ2n) is 5.01. The summed E-state index contributed by atoms with van der Waals surface area (Å²) in [5, 5.41) is 9.60. The van der Waals surface area contributed by atoms with Gasteiger partial charge >= 0.3 is 5.97 Å². The van der Waals surface area contributed by atoms with Gasteiger partial charge in [0.1, 0.15) is 12.0 Å².